The minimum absolute atomic E-state index is 0.138. The number of anilines is 2. The van der Waals surface area contributed by atoms with Gasteiger partial charge in [0.1, 0.15) is 11.2 Å². The number of nitro benzene ring substituents is 1. The van der Waals surface area contributed by atoms with Gasteiger partial charge in [0.05, 0.1) is 28.8 Å². The molecule has 4 aromatic rings. The minimum atomic E-state index is -0.520. The standard InChI is InChI=1S/C25H21ClN4O5/c1-15-2-7-23-20(12-15)28-25(35-23)17-3-5-18(26)19(13-17)27-24(31)16-4-6-21(22(14-16)30(32)33)29-8-10-34-11-9-29/h2-7,12-14H,8-11H2,1H3,(H,27,31). The molecule has 1 saturated heterocycles. The van der Waals surface area contributed by atoms with Crippen molar-refractivity contribution >= 4 is 45.7 Å². The van der Waals surface area contributed by atoms with Gasteiger partial charge in [-0.05, 0) is 55.0 Å². The van der Waals surface area contributed by atoms with Crippen LogP contribution in [0.5, 0.6) is 0 Å². The highest BCUT2D eigenvalue weighted by Crippen LogP contribution is 2.33. The number of rotatable bonds is 5. The van der Waals surface area contributed by atoms with Gasteiger partial charge in [-0.2, -0.15) is 0 Å². The van der Waals surface area contributed by atoms with E-state index in [9.17, 15) is 14.9 Å². The average Bonchev–Trinajstić information content (AvgIpc) is 3.28. The molecule has 1 aliphatic rings. The molecule has 1 fully saturated rings. The van der Waals surface area contributed by atoms with Crippen molar-refractivity contribution in [3.05, 3.63) is 80.9 Å². The quantitative estimate of drug-likeness (QED) is 0.291. The average molecular weight is 493 g/mol. The second-order valence-corrected chi connectivity index (χ2v) is 8.61. The second-order valence-electron chi connectivity index (χ2n) is 8.20. The van der Waals surface area contributed by atoms with E-state index in [4.69, 9.17) is 20.8 Å². The number of benzene rings is 3. The third-order valence-corrected chi connectivity index (χ3v) is 6.12. The molecule has 0 unspecified atom stereocenters. The molecule has 0 aliphatic carbocycles. The summed E-state index contributed by atoms with van der Waals surface area (Å²) < 4.78 is 11.2. The van der Waals surface area contributed by atoms with E-state index in [0.717, 1.165) is 11.1 Å². The van der Waals surface area contributed by atoms with E-state index >= 15 is 0 Å². The number of oxazole rings is 1. The van der Waals surface area contributed by atoms with Gasteiger partial charge in [0.15, 0.2) is 5.58 Å². The van der Waals surface area contributed by atoms with Gasteiger partial charge >= 0.3 is 0 Å². The van der Waals surface area contributed by atoms with Crippen molar-refractivity contribution in [2.75, 3.05) is 36.5 Å². The van der Waals surface area contributed by atoms with E-state index in [1.54, 1.807) is 30.3 Å². The van der Waals surface area contributed by atoms with E-state index in [1.165, 1.54) is 6.07 Å². The number of hydrogen-bond acceptors (Lipinski definition) is 7. The molecule has 35 heavy (non-hydrogen) atoms. The molecule has 5 rings (SSSR count). The number of aryl methyl sites for hydroxylation is 1. The molecule has 0 radical (unpaired) electrons. The van der Waals surface area contributed by atoms with Crippen molar-refractivity contribution in [2.45, 2.75) is 6.92 Å². The third-order valence-electron chi connectivity index (χ3n) is 5.79. The molecule has 0 spiro atoms. The molecule has 0 atom stereocenters. The number of ether oxygens (including phenoxy) is 1. The first-order valence-corrected chi connectivity index (χ1v) is 11.4. The van der Waals surface area contributed by atoms with Crippen LogP contribution in [0.15, 0.2) is 59.0 Å². The Morgan fingerprint density at radius 2 is 1.91 bits per heavy atom. The van der Waals surface area contributed by atoms with Crippen molar-refractivity contribution in [3.8, 4) is 11.5 Å². The van der Waals surface area contributed by atoms with Gasteiger partial charge in [0.25, 0.3) is 11.6 Å². The highest BCUT2D eigenvalue weighted by atomic mass is 35.5. The first kappa shape index (κ1) is 22.8. The van der Waals surface area contributed by atoms with E-state index in [-0.39, 0.29) is 11.3 Å². The van der Waals surface area contributed by atoms with Crippen molar-refractivity contribution in [2.24, 2.45) is 0 Å². The number of carbonyl (C=O) groups excluding carboxylic acids is 1. The smallest absolute Gasteiger partial charge is 0.293 e. The van der Waals surface area contributed by atoms with Crippen LogP contribution in [-0.2, 0) is 4.74 Å². The van der Waals surface area contributed by atoms with Gasteiger partial charge in [-0.15, -0.1) is 0 Å². The molecule has 3 aromatic carbocycles. The number of fused-ring (bicyclic) bond motifs is 1. The number of halogens is 1. The Balaban J connectivity index is 1.42. The van der Waals surface area contributed by atoms with Gasteiger partial charge in [-0.3, -0.25) is 14.9 Å². The zero-order valence-electron chi connectivity index (χ0n) is 18.8. The molecule has 1 aromatic heterocycles. The zero-order valence-corrected chi connectivity index (χ0v) is 19.5. The molecule has 1 amide bonds. The topological polar surface area (TPSA) is 111 Å². The number of morpholine rings is 1. The Labute approximate surface area is 205 Å². The predicted octanol–water partition coefficient (Wildman–Crippen LogP) is 5.45. The van der Waals surface area contributed by atoms with Crippen molar-refractivity contribution < 1.29 is 18.9 Å². The van der Waals surface area contributed by atoms with Gasteiger partial charge in [-0.1, -0.05) is 17.7 Å². The molecule has 10 heteroatoms. The summed E-state index contributed by atoms with van der Waals surface area (Å²) in [4.78, 5) is 30.6. The summed E-state index contributed by atoms with van der Waals surface area (Å²) in [5, 5.41) is 14.8. The second kappa shape index (κ2) is 9.36. The van der Waals surface area contributed by atoms with E-state index in [1.807, 2.05) is 30.0 Å². The van der Waals surface area contributed by atoms with Crippen LogP contribution in [0.25, 0.3) is 22.6 Å². The summed E-state index contributed by atoms with van der Waals surface area (Å²) in [6.07, 6.45) is 0. The maximum absolute atomic E-state index is 13.0. The lowest BCUT2D eigenvalue weighted by atomic mass is 10.1. The van der Waals surface area contributed by atoms with Crippen LogP contribution >= 0.6 is 11.6 Å². The molecule has 1 aliphatic heterocycles. The molecule has 1 N–H and O–H groups in total. The van der Waals surface area contributed by atoms with Crippen molar-refractivity contribution in [1.82, 2.24) is 4.98 Å². The minimum Gasteiger partial charge on any atom is -0.436 e. The lowest BCUT2D eigenvalue weighted by molar-refractivity contribution is -0.384. The SMILES string of the molecule is Cc1ccc2oc(-c3ccc(Cl)c(NC(=O)c4ccc(N5CCOCC5)c([N+](=O)[O-])c4)c3)nc2c1. The largest absolute Gasteiger partial charge is 0.436 e. The fourth-order valence-electron chi connectivity index (χ4n) is 3.99. The Hall–Kier alpha value is -3.95. The molecule has 2 heterocycles. The fraction of sp³-hybridized carbons (Fsp3) is 0.200. The Morgan fingerprint density at radius 3 is 2.69 bits per heavy atom. The van der Waals surface area contributed by atoms with Crippen LogP contribution < -0.4 is 10.2 Å². The third kappa shape index (κ3) is 4.68. The predicted molar refractivity (Wildman–Crippen MR) is 133 cm³/mol. The van der Waals surface area contributed by atoms with Gasteiger partial charge in [0.2, 0.25) is 5.89 Å². The first-order valence-electron chi connectivity index (χ1n) is 11.0. The number of nitro groups is 1. The van der Waals surface area contributed by atoms with Gasteiger partial charge < -0.3 is 19.4 Å². The van der Waals surface area contributed by atoms with E-state index in [0.29, 0.717) is 59.7 Å². The fourth-order valence-corrected chi connectivity index (χ4v) is 4.16. The molecular formula is C25H21ClN4O5. The number of carbonyl (C=O) groups is 1. The summed E-state index contributed by atoms with van der Waals surface area (Å²) in [5.74, 6) is -0.128. The number of hydrogen-bond donors (Lipinski definition) is 1. The maximum atomic E-state index is 13.0. The number of nitrogens with zero attached hydrogens (tertiary/aromatic N) is 3. The van der Waals surface area contributed by atoms with E-state index < -0.39 is 10.8 Å². The summed E-state index contributed by atoms with van der Waals surface area (Å²) in [6.45, 7) is 4.05. The summed E-state index contributed by atoms with van der Waals surface area (Å²) in [7, 11) is 0. The van der Waals surface area contributed by atoms with Crippen LogP contribution in [0.2, 0.25) is 5.02 Å². The normalized spacial score (nSPS) is 13.7. The van der Waals surface area contributed by atoms with Crippen molar-refractivity contribution in [3.63, 3.8) is 0 Å². The summed E-state index contributed by atoms with van der Waals surface area (Å²) in [6, 6.07) is 15.2. The number of aromatic nitrogens is 1. The monoisotopic (exact) mass is 492 g/mol. The van der Waals surface area contributed by atoms with Crippen LogP contribution in [0.3, 0.4) is 0 Å². The summed E-state index contributed by atoms with van der Waals surface area (Å²) in [5.41, 5.74) is 3.89. The number of amides is 1. The molecule has 0 saturated carbocycles. The Morgan fingerprint density at radius 1 is 1.11 bits per heavy atom. The van der Waals surface area contributed by atoms with Gasteiger partial charge in [0, 0.05) is 30.3 Å². The Kier molecular flexibility index (Phi) is 6.10. The van der Waals surface area contributed by atoms with Crippen LogP contribution in [0.1, 0.15) is 15.9 Å². The Bertz CT molecular complexity index is 1450. The zero-order chi connectivity index (χ0) is 24.5. The molecule has 0 bridgehead atoms. The lowest BCUT2D eigenvalue weighted by Gasteiger charge is -2.28. The summed E-state index contributed by atoms with van der Waals surface area (Å²) >= 11 is 6.33. The van der Waals surface area contributed by atoms with Crippen LogP contribution in [0.4, 0.5) is 17.1 Å². The highest BCUT2D eigenvalue weighted by Gasteiger charge is 2.24. The van der Waals surface area contributed by atoms with Crippen molar-refractivity contribution in [1.29, 1.82) is 0 Å². The highest BCUT2D eigenvalue weighted by molar-refractivity contribution is 6.34. The molecule has 178 valence electrons. The maximum Gasteiger partial charge on any atom is 0.293 e. The van der Waals surface area contributed by atoms with Gasteiger partial charge in [-0.25, -0.2) is 4.98 Å². The van der Waals surface area contributed by atoms with Crippen LogP contribution in [-0.4, -0.2) is 42.1 Å². The molecule has 9 nitrogen and oxygen atoms in total. The van der Waals surface area contributed by atoms with E-state index in [2.05, 4.69) is 10.3 Å². The number of nitrogens with one attached hydrogen (secondary N) is 1. The first-order chi connectivity index (χ1) is 16.9. The lowest BCUT2D eigenvalue weighted by Crippen LogP contribution is -2.36. The van der Waals surface area contributed by atoms with Crippen LogP contribution in [0, 0.1) is 17.0 Å². The molecular weight excluding hydrogens is 472 g/mol.